The van der Waals surface area contributed by atoms with Gasteiger partial charge in [0.05, 0.1) is 13.7 Å². The summed E-state index contributed by atoms with van der Waals surface area (Å²) in [4.78, 5) is 17.2. The molecule has 0 aliphatic heterocycles. The molecule has 6 heteroatoms. The van der Waals surface area contributed by atoms with Crippen LogP contribution in [0.15, 0.2) is 84.9 Å². The van der Waals surface area contributed by atoms with Crippen molar-refractivity contribution in [1.29, 1.82) is 0 Å². The Morgan fingerprint density at radius 3 is 2.13 bits per heavy atom. The van der Waals surface area contributed by atoms with Gasteiger partial charge in [0.15, 0.2) is 5.82 Å². The van der Waals surface area contributed by atoms with Gasteiger partial charge in [0.25, 0.3) is 0 Å². The number of H-pyrrole nitrogens is 1. The number of carbonyl (C=O) groups is 1. The molecule has 4 aromatic rings. The molecule has 6 nitrogen and oxygen atoms in total. The zero-order chi connectivity index (χ0) is 21.5. The second-order valence-electron chi connectivity index (χ2n) is 7.19. The van der Waals surface area contributed by atoms with Crippen molar-refractivity contribution in [2.45, 2.75) is 18.9 Å². The van der Waals surface area contributed by atoms with Gasteiger partial charge in [0, 0.05) is 17.9 Å². The number of hydrogen-bond donors (Lipinski definition) is 2. The summed E-state index contributed by atoms with van der Waals surface area (Å²) in [6.07, 6.45) is 0.355. The summed E-state index contributed by atoms with van der Waals surface area (Å²) in [5, 5.41) is 10.1. The van der Waals surface area contributed by atoms with E-state index < -0.39 is 0 Å². The average Bonchev–Trinajstić information content (AvgIpc) is 3.31. The Hall–Kier alpha value is -3.93. The molecule has 0 radical (unpaired) electrons. The predicted molar refractivity (Wildman–Crippen MR) is 120 cm³/mol. The average molecular weight is 412 g/mol. The summed E-state index contributed by atoms with van der Waals surface area (Å²) in [6, 6.07) is 27.7. The maximum atomic E-state index is 12.7. The van der Waals surface area contributed by atoms with Crippen molar-refractivity contribution in [1.82, 2.24) is 20.5 Å². The lowest BCUT2D eigenvalue weighted by molar-refractivity contribution is -0.121. The summed E-state index contributed by atoms with van der Waals surface area (Å²) < 4.78 is 5.17. The van der Waals surface area contributed by atoms with Gasteiger partial charge in [-0.05, 0) is 35.4 Å². The van der Waals surface area contributed by atoms with Crippen molar-refractivity contribution < 1.29 is 9.53 Å². The van der Waals surface area contributed by atoms with Gasteiger partial charge in [-0.1, -0.05) is 60.7 Å². The van der Waals surface area contributed by atoms with Crippen LogP contribution < -0.4 is 10.1 Å². The Morgan fingerprint density at radius 1 is 0.935 bits per heavy atom. The van der Waals surface area contributed by atoms with Crippen LogP contribution in [0.5, 0.6) is 5.75 Å². The molecule has 0 aliphatic rings. The second-order valence-corrected chi connectivity index (χ2v) is 7.19. The number of carbonyl (C=O) groups excluding carboxylic acids is 1. The molecule has 4 rings (SSSR count). The minimum atomic E-state index is -0.0416. The fourth-order valence-corrected chi connectivity index (χ4v) is 3.48. The van der Waals surface area contributed by atoms with E-state index >= 15 is 0 Å². The van der Waals surface area contributed by atoms with Crippen LogP contribution in [0, 0.1) is 0 Å². The number of aromatic nitrogens is 3. The molecule has 0 bridgehead atoms. The Morgan fingerprint density at radius 2 is 1.55 bits per heavy atom. The van der Waals surface area contributed by atoms with Crippen molar-refractivity contribution in [3.63, 3.8) is 0 Å². The highest BCUT2D eigenvalue weighted by Crippen LogP contribution is 2.27. The molecule has 0 aliphatic carbocycles. The lowest BCUT2D eigenvalue weighted by atomic mass is 9.88. The maximum Gasteiger partial charge on any atom is 0.221 e. The third kappa shape index (κ3) is 5.17. The van der Waals surface area contributed by atoms with Crippen molar-refractivity contribution in [3.8, 4) is 17.1 Å². The third-order valence-electron chi connectivity index (χ3n) is 5.13. The van der Waals surface area contributed by atoms with E-state index in [4.69, 9.17) is 4.74 Å². The maximum absolute atomic E-state index is 12.7. The Bertz CT molecular complexity index is 1070. The van der Waals surface area contributed by atoms with E-state index in [1.807, 2.05) is 60.7 Å². The lowest BCUT2D eigenvalue weighted by Crippen LogP contribution is -2.25. The Labute approximate surface area is 181 Å². The molecule has 0 spiro atoms. The number of benzene rings is 3. The van der Waals surface area contributed by atoms with E-state index in [1.165, 1.54) is 0 Å². The summed E-state index contributed by atoms with van der Waals surface area (Å²) in [7, 11) is 1.63. The normalized spacial score (nSPS) is 10.8. The van der Waals surface area contributed by atoms with Gasteiger partial charge in [-0.2, -0.15) is 5.10 Å². The van der Waals surface area contributed by atoms with E-state index in [0.29, 0.717) is 18.1 Å². The van der Waals surface area contributed by atoms with Gasteiger partial charge < -0.3 is 10.1 Å². The van der Waals surface area contributed by atoms with Crippen molar-refractivity contribution in [2.24, 2.45) is 0 Å². The van der Waals surface area contributed by atoms with Crippen molar-refractivity contribution in [3.05, 3.63) is 102 Å². The minimum Gasteiger partial charge on any atom is -0.497 e. The molecular weight excluding hydrogens is 388 g/mol. The van der Waals surface area contributed by atoms with Crippen molar-refractivity contribution >= 4 is 5.91 Å². The number of ether oxygens (including phenoxy) is 1. The Kier molecular flexibility index (Phi) is 6.38. The van der Waals surface area contributed by atoms with Crippen LogP contribution in [0.25, 0.3) is 11.4 Å². The number of aromatic amines is 1. The molecule has 0 unspecified atom stereocenters. The first kappa shape index (κ1) is 20.3. The lowest BCUT2D eigenvalue weighted by Gasteiger charge is -2.17. The number of nitrogens with zero attached hydrogens (tertiary/aromatic N) is 2. The number of methoxy groups -OCH3 is 1. The molecule has 0 fully saturated rings. The molecule has 31 heavy (non-hydrogen) atoms. The smallest absolute Gasteiger partial charge is 0.221 e. The van der Waals surface area contributed by atoms with Crippen LogP contribution >= 0.6 is 0 Å². The van der Waals surface area contributed by atoms with Gasteiger partial charge in [0.1, 0.15) is 11.6 Å². The molecule has 0 atom stereocenters. The van der Waals surface area contributed by atoms with Crippen LogP contribution in [0.4, 0.5) is 0 Å². The highest BCUT2D eigenvalue weighted by atomic mass is 16.5. The molecule has 0 saturated carbocycles. The molecule has 0 saturated heterocycles. The summed E-state index contributed by atoms with van der Waals surface area (Å²) in [6.45, 7) is 0.290. The van der Waals surface area contributed by atoms with E-state index in [2.05, 4.69) is 44.8 Å². The van der Waals surface area contributed by atoms with Crippen LogP contribution in [-0.4, -0.2) is 28.2 Å². The van der Waals surface area contributed by atoms with Crippen LogP contribution in [0.1, 0.15) is 29.3 Å². The monoisotopic (exact) mass is 412 g/mol. The zero-order valence-corrected chi connectivity index (χ0v) is 17.3. The first-order chi connectivity index (χ1) is 15.2. The van der Waals surface area contributed by atoms with Gasteiger partial charge in [-0.25, -0.2) is 4.98 Å². The van der Waals surface area contributed by atoms with Crippen LogP contribution in [-0.2, 0) is 11.3 Å². The highest BCUT2D eigenvalue weighted by molar-refractivity contribution is 5.77. The van der Waals surface area contributed by atoms with E-state index in [-0.39, 0.29) is 18.4 Å². The summed E-state index contributed by atoms with van der Waals surface area (Å²) in [5.41, 5.74) is 3.11. The molecule has 1 amide bonds. The summed E-state index contributed by atoms with van der Waals surface area (Å²) in [5.74, 6) is 1.92. The van der Waals surface area contributed by atoms with Gasteiger partial charge >= 0.3 is 0 Å². The highest BCUT2D eigenvalue weighted by Gasteiger charge is 2.18. The molecule has 1 heterocycles. The van der Waals surface area contributed by atoms with E-state index in [9.17, 15) is 4.79 Å². The topological polar surface area (TPSA) is 79.9 Å². The van der Waals surface area contributed by atoms with Crippen molar-refractivity contribution in [2.75, 3.05) is 7.11 Å². The van der Waals surface area contributed by atoms with Crippen LogP contribution in [0.2, 0.25) is 0 Å². The van der Waals surface area contributed by atoms with Crippen LogP contribution in [0.3, 0.4) is 0 Å². The number of amides is 1. The number of hydrogen-bond acceptors (Lipinski definition) is 4. The number of nitrogens with one attached hydrogen (secondary N) is 2. The number of rotatable bonds is 8. The molecular formula is C25H24N4O2. The third-order valence-corrected chi connectivity index (χ3v) is 5.13. The minimum absolute atomic E-state index is 0.00742. The SMILES string of the molecule is COc1ccc(-c2n[nH]c(CNC(=O)CC(c3ccccc3)c3ccccc3)n2)cc1. The quantitative estimate of drug-likeness (QED) is 0.452. The molecule has 156 valence electrons. The van der Waals surface area contributed by atoms with Gasteiger partial charge in [0.2, 0.25) is 5.91 Å². The predicted octanol–water partition coefficient (Wildman–Crippen LogP) is 4.32. The molecule has 2 N–H and O–H groups in total. The van der Waals surface area contributed by atoms with E-state index in [1.54, 1.807) is 7.11 Å². The first-order valence-corrected chi connectivity index (χ1v) is 10.1. The molecule has 1 aromatic heterocycles. The zero-order valence-electron chi connectivity index (χ0n) is 17.3. The fraction of sp³-hybridized carbons (Fsp3) is 0.160. The fourth-order valence-electron chi connectivity index (χ4n) is 3.48. The molecule has 3 aromatic carbocycles. The first-order valence-electron chi connectivity index (χ1n) is 10.1. The van der Waals surface area contributed by atoms with Gasteiger partial charge in [-0.3, -0.25) is 9.89 Å². The second kappa shape index (κ2) is 9.71. The summed E-state index contributed by atoms with van der Waals surface area (Å²) >= 11 is 0. The largest absolute Gasteiger partial charge is 0.497 e. The standard InChI is InChI=1S/C25H24N4O2/c1-31-21-14-12-20(13-15-21)25-27-23(28-29-25)17-26-24(30)16-22(18-8-4-2-5-9-18)19-10-6-3-7-11-19/h2-15,22H,16-17H2,1H3,(H,26,30)(H,27,28,29). The van der Waals surface area contributed by atoms with E-state index in [0.717, 1.165) is 22.4 Å². The Balaban J connectivity index is 1.40. The van der Waals surface area contributed by atoms with Gasteiger partial charge in [-0.15, -0.1) is 0 Å².